The smallest absolute Gasteiger partial charge is 0.428 e. The summed E-state index contributed by atoms with van der Waals surface area (Å²) >= 11 is 0. The highest BCUT2D eigenvalue weighted by atomic mass is 16.6. The van der Waals surface area contributed by atoms with Crippen LogP contribution in [-0.2, 0) is 7.05 Å². The number of nitrogens with one attached hydrogen (secondary N) is 1. The average Bonchev–Trinajstić information content (AvgIpc) is 2.59. The van der Waals surface area contributed by atoms with Gasteiger partial charge in [0.25, 0.3) is 5.88 Å². The van der Waals surface area contributed by atoms with Gasteiger partial charge in [0.2, 0.25) is 0 Å². The van der Waals surface area contributed by atoms with Gasteiger partial charge < -0.3 is 20.5 Å². The van der Waals surface area contributed by atoms with Gasteiger partial charge in [0.15, 0.2) is 0 Å². The van der Waals surface area contributed by atoms with E-state index in [1.165, 1.54) is 11.6 Å². The Morgan fingerprint density at radius 1 is 1.41 bits per heavy atom. The van der Waals surface area contributed by atoms with Crippen molar-refractivity contribution in [2.45, 2.75) is 0 Å². The summed E-state index contributed by atoms with van der Waals surface area (Å²) in [6, 6.07) is 9.07. The normalized spacial score (nSPS) is 10.2. The second kappa shape index (κ2) is 4.12. The van der Waals surface area contributed by atoms with E-state index in [2.05, 4.69) is 10.3 Å². The minimum atomic E-state index is -0.731. The number of hydrogen-bond acceptors (Lipinski definition) is 5. The molecule has 88 valence electrons. The van der Waals surface area contributed by atoms with Crippen molar-refractivity contribution in [3.05, 3.63) is 40.4 Å². The molecule has 1 heterocycles. The van der Waals surface area contributed by atoms with Crippen molar-refractivity contribution in [3.8, 4) is 5.88 Å². The van der Waals surface area contributed by atoms with Crippen LogP contribution in [0.2, 0.25) is 0 Å². The number of imidazole rings is 1. The molecule has 0 saturated heterocycles. The molecule has 0 atom stereocenters. The maximum Gasteiger partial charge on any atom is 0.428 e. The van der Waals surface area contributed by atoms with Crippen molar-refractivity contribution in [1.29, 1.82) is 0 Å². The first kappa shape index (κ1) is 10.9. The average molecular weight is 234 g/mol. The Balaban J connectivity index is 2.34. The Hall–Kier alpha value is -2.57. The first-order chi connectivity index (χ1) is 8.09. The number of nitrogens with zero attached hydrogens (tertiary/aromatic N) is 3. The molecule has 2 N–H and O–H groups in total. The minimum absolute atomic E-state index is 0.209. The standard InChI is InChI=1S/C10H10N4O3/c1-13-9(15)8(14(16)17)12-10(13)11-7-5-3-2-4-6-7/h2-6,15H,1H3,(H,11,12). The van der Waals surface area contributed by atoms with Crippen LogP contribution in [0.1, 0.15) is 0 Å². The van der Waals surface area contributed by atoms with E-state index in [4.69, 9.17) is 0 Å². The van der Waals surface area contributed by atoms with Gasteiger partial charge in [-0.15, -0.1) is 0 Å². The second-order valence-corrected chi connectivity index (χ2v) is 3.39. The Kier molecular flexibility index (Phi) is 2.65. The Morgan fingerprint density at radius 2 is 2.06 bits per heavy atom. The number of nitro groups is 1. The Morgan fingerprint density at radius 3 is 2.59 bits per heavy atom. The number of aromatic nitrogens is 2. The van der Waals surface area contributed by atoms with Crippen LogP contribution in [0.4, 0.5) is 17.5 Å². The molecule has 2 rings (SSSR count). The predicted octanol–water partition coefficient (Wildman–Crippen LogP) is 1.78. The lowest BCUT2D eigenvalue weighted by molar-refractivity contribution is -0.390. The van der Waals surface area contributed by atoms with E-state index in [0.29, 0.717) is 0 Å². The topological polar surface area (TPSA) is 93.2 Å². The molecular weight excluding hydrogens is 224 g/mol. The molecule has 0 radical (unpaired) electrons. The lowest BCUT2D eigenvalue weighted by Crippen LogP contribution is -1.98. The van der Waals surface area contributed by atoms with Crippen LogP contribution >= 0.6 is 0 Å². The Bertz CT molecular complexity index is 550. The van der Waals surface area contributed by atoms with Gasteiger partial charge in [-0.3, -0.25) is 4.57 Å². The fourth-order valence-corrected chi connectivity index (χ4v) is 1.36. The van der Waals surface area contributed by atoms with Gasteiger partial charge in [-0.1, -0.05) is 18.2 Å². The van der Waals surface area contributed by atoms with Gasteiger partial charge >= 0.3 is 11.8 Å². The van der Waals surface area contributed by atoms with Gasteiger partial charge in [-0.05, 0) is 17.1 Å². The number of hydrogen-bond donors (Lipinski definition) is 2. The van der Waals surface area contributed by atoms with Crippen molar-refractivity contribution in [3.63, 3.8) is 0 Å². The quantitative estimate of drug-likeness (QED) is 0.623. The van der Waals surface area contributed by atoms with Crippen molar-refractivity contribution in [2.24, 2.45) is 7.05 Å². The molecular formula is C10H10N4O3. The molecule has 17 heavy (non-hydrogen) atoms. The van der Waals surface area contributed by atoms with E-state index in [1.54, 1.807) is 12.1 Å². The summed E-state index contributed by atoms with van der Waals surface area (Å²) in [5.41, 5.74) is 0.732. The van der Waals surface area contributed by atoms with Crippen LogP contribution in [0, 0.1) is 10.1 Å². The number of anilines is 2. The monoisotopic (exact) mass is 234 g/mol. The summed E-state index contributed by atoms with van der Waals surface area (Å²) in [6.45, 7) is 0. The summed E-state index contributed by atoms with van der Waals surface area (Å²) in [5.74, 6) is -0.834. The molecule has 0 aliphatic heterocycles. The van der Waals surface area contributed by atoms with Gasteiger partial charge in [0.05, 0.1) is 0 Å². The SMILES string of the molecule is Cn1c(Nc2ccccc2)nc([N+](=O)[O-])c1O. The van der Waals surface area contributed by atoms with E-state index in [1.807, 2.05) is 18.2 Å². The zero-order valence-electron chi connectivity index (χ0n) is 8.99. The second-order valence-electron chi connectivity index (χ2n) is 3.39. The molecule has 0 fully saturated rings. The molecule has 0 bridgehead atoms. The first-order valence-corrected chi connectivity index (χ1v) is 4.81. The molecule has 7 nitrogen and oxygen atoms in total. The van der Waals surface area contributed by atoms with Crippen LogP contribution in [0.5, 0.6) is 5.88 Å². The molecule has 1 aromatic carbocycles. The van der Waals surface area contributed by atoms with E-state index in [-0.39, 0.29) is 5.95 Å². The largest absolute Gasteiger partial charge is 0.488 e. The van der Waals surface area contributed by atoms with Gasteiger partial charge in [0.1, 0.15) is 0 Å². The molecule has 0 aliphatic carbocycles. The molecule has 0 aliphatic rings. The van der Waals surface area contributed by atoms with E-state index >= 15 is 0 Å². The molecule has 0 saturated carbocycles. The van der Waals surface area contributed by atoms with Gasteiger partial charge in [0, 0.05) is 17.7 Å². The van der Waals surface area contributed by atoms with Gasteiger partial charge in [-0.2, -0.15) is 0 Å². The fourth-order valence-electron chi connectivity index (χ4n) is 1.36. The maximum absolute atomic E-state index is 10.6. The first-order valence-electron chi connectivity index (χ1n) is 4.81. The van der Waals surface area contributed by atoms with Crippen LogP contribution in [-0.4, -0.2) is 19.6 Å². The van der Waals surface area contributed by atoms with Crippen LogP contribution < -0.4 is 5.32 Å². The van der Waals surface area contributed by atoms with Crippen molar-refractivity contribution >= 4 is 17.5 Å². The zero-order valence-corrected chi connectivity index (χ0v) is 8.99. The van der Waals surface area contributed by atoms with Crippen molar-refractivity contribution in [1.82, 2.24) is 9.55 Å². The van der Waals surface area contributed by atoms with E-state index < -0.39 is 16.6 Å². The fraction of sp³-hybridized carbons (Fsp3) is 0.100. The van der Waals surface area contributed by atoms with Gasteiger partial charge in [-0.25, -0.2) is 0 Å². The lowest BCUT2D eigenvalue weighted by atomic mass is 10.3. The lowest BCUT2D eigenvalue weighted by Gasteiger charge is -2.01. The van der Waals surface area contributed by atoms with E-state index in [0.717, 1.165) is 5.69 Å². The molecule has 0 spiro atoms. The Labute approximate surface area is 96.5 Å². The number of para-hydroxylation sites is 1. The number of rotatable bonds is 3. The van der Waals surface area contributed by atoms with Crippen LogP contribution in [0.25, 0.3) is 0 Å². The van der Waals surface area contributed by atoms with Crippen molar-refractivity contribution in [2.75, 3.05) is 5.32 Å². The number of benzene rings is 1. The molecule has 0 unspecified atom stereocenters. The third kappa shape index (κ3) is 2.03. The maximum atomic E-state index is 10.6. The molecule has 1 aromatic heterocycles. The summed E-state index contributed by atoms with van der Waals surface area (Å²) in [7, 11) is 1.49. The van der Waals surface area contributed by atoms with E-state index in [9.17, 15) is 15.2 Å². The van der Waals surface area contributed by atoms with Crippen LogP contribution in [0.3, 0.4) is 0 Å². The highest BCUT2D eigenvalue weighted by molar-refractivity contribution is 5.56. The zero-order chi connectivity index (χ0) is 12.4. The predicted molar refractivity (Wildman–Crippen MR) is 61.3 cm³/mol. The van der Waals surface area contributed by atoms with Crippen LogP contribution in [0.15, 0.2) is 30.3 Å². The summed E-state index contributed by atoms with van der Waals surface area (Å²) in [4.78, 5) is 13.6. The third-order valence-corrected chi connectivity index (χ3v) is 2.25. The van der Waals surface area contributed by atoms with Crippen molar-refractivity contribution < 1.29 is 10.0 Å². The summed E-state index contributed by atoms with van der Waals surface area (Å²) in [5, 5.41) is 22.9. The number of aromatic hydroxyl groups is 1. The minimum Gasteiger partial charge on any atom is -0.488 e. The molecule has 0 amide bonds. The third-order valence-electron chi connectivity index (χ3n) is 2.25. The summed E-state index contributed by atoms with van der Waals surface area (Å²) in [6.07, 6.45) is 0. The summed E-state index contributed by atoms with van der Waals surface area (Å²) < 4.78 is 1.21. The molecule has 7 heteroatoms. The highest BCUT2D eigenvalue weighted by Gasteiger charge is 2.25. The highest BCUT2D eigenvalue weighted by Crippen LogP contribution is 2.28. The molecule has 2 aromatic rings.